The number of rotatable bonds is 3. The van der Waals surface area contributed by atoms with E-state index in [1.807, 2.05) is 0 Å². The second-order valence-electron chi connectivity index (χ2n) is 1.62. The van der Waals surface area contributed by atoms with Crippen LogP contribution in [0, 0.1) is 0 Å². The van der Waals surface area contributed by atoms with Gasteiger partial charge in [-0.25, -0.2) is 0 Å². The predicted octanol–water partition coefficient (Wildman–Crippen LogP) is 1.87. The normalized spacial score (nSPS) is 10.6. The molecule has 0 aliphatic heterocycles. The Bertz CT molecular complexity index is 163. The first-order valence-corrected chi connectivity index (χ1v) is 2.68. The van der Waals surface area contributed by atoms with E-state index < -0.39 is 0 Å². The van der Waals surface area contributed by atoms with Crippen molar-refractivity contribution < 1.29 is 4.79 Å². The maximum atomic E-state index is 10.6. The molecule has 1 heteroatoms. The quantitative estimate of drug-likeness (QED) is 0.412. The van der Waals surface area contributed by atoms with E-state index in [-0.39, 0.29) is 5.78 Å². The number of carbonyl (C=O) groups is 1. The molecule has 0 aromatic heterocycles. The van der Waals surface area contributed by atoms with Crippen molar-refractivity contribution in [2.45, 2.75) is 6.92 Å². The number of ketones is 1. The molecular formula is C8H10O. The van der Waals surface area contributed by atoms with Gasteiger partial charge in [0.2, 0.25) is 0 Å². The number of Topliss-reactive ketones (excluding diaryl/α,β-unsaturated/α-hetero) is 1. The van der Waals surface area contributed by atoms with Crippen molar-refractivity contribution >= 4 is 5.78 Å². The Morgan fingerprint density at radius 1 is 1.44 bits per heavy atom. The summed E-state index contributed by atoms with van der Waals surface area (Å²) in [5.74, 6) is 0.0184. The van der Waals surface area contributed by atoms with Gasteiger partial charge in [-0.05, 0) is 6.92 Å². The summed E-state index contributed by atoms with van der Waals surface area (Å²) in [6.45, 7) is 8.42. The van der Waals surface area contributed by atoms with Crippen molar-refractivity contribution in [3.63, 3.8) is 0 Å². The van der Waals surface area contributed by atoms with Crippen LogP contribution in [0.15, 0.2) is 37.0 Å². The van der Waals surface area contributed by atoms with Crippen LogP contribution in [0.4, 0.5) is 0 Å². The molecule has 0 saturated heterocycles. The Kier molecular flexibility index (Phi) is 3.37. The highest BCUT2D eigenvalue weighted by atomic mass is 16.1. The summed E-state index contributed by atoms with van der Waals surface area (Å²) in [6.07, 6.45) is 4.72. The first kappa shape index (κ1) is 7.89. The Hall–Kier alpha value is -1.11. The molecular weight excluding hydrogens is 112 g/mol. The summed E-state index contributed by atoms with van der Waals surface area (Å²) >= 11 is 0. The van der Waals surface area contributed by atoms with Gasteiger partial charge in [0, 0.05) is 5.57 Å². The molecule has 0 spiro atoms. The molecule has 0 atom stereocenters. The van der Waals surface area contributed by atoms with Gasteiger partial charge in [0.25, 0.3) is 0 Å². The molecule has 0 N–H and O–H groups in total. The average molecular weight is 122 g/mol. The molecule has 0 aromatic rings. The minimum absolute atomic E-state index is 0.0184. The molecule has 0 radical (unpaired) electrons. The first-order chi connectivity index (χ1) is 4.22. The molecule has 0 aliphatic rings. The van der Waals surface area contributed by atoms with Gasteiger partial charge < -0.3 is 0 Å². The van der Waals surface area contributed by atoms with Gasteiger partial charge in [-0.2, -0.15) is 0 Å². The molecule has 0 aromatic carbocycles. The number of carbonyl (C=O) groups excluding carboxylic acids is 1. The lowest BCUT2D eigenvalue weighted by Crippen LogP contribution is -1.90. The summed E-state index contributed by atoms with van der Waals surface area (Å²) < 4.78 is 0. The van der Waals surface area contributed by atoms with Gasteiger partial charge in [-0.1, -0.05) is 31.4 Å². The highest BCUT2D eigenvalue weighted by Gasteiger charge is 1.93. The van der Waals surface area contributed by atoms with Gasteiger partial charge in [0.05, 0.1) is 0 Å². The van der Waals surface area contributed by atoms with Crippen LogP contribution in [0.3, 0.4) is 0 Å². The van der Waals surface area contributed by atoms with Crippen LogP contribution in [-0.4, -0.2) is 5.78 Å². The van der Waals surface area contributed by atoms with Gasteiger partial charge in [0.15, 0.2) is 5.78 Å². The summed E-state index contributed by atoms with van der Waals surface area (Å²) in [5, 5.41) is 0. The van der Waals surface area contributed by atoms with Gasteiger partial charge >= 0.3 is 0 Å². The van der Waals surface area contributed by atoms with Crippen molar-refractivity contribution in [3.05, 3.63) is 37.0 Å². The van der Waals surface area contributed by atoms with Crippen LogP contribution in [0.1, 0.15) is 6.92 Å². The van der Waals surface area contributed by atoms with Crippen molar-refractivity contribution in [1.29, 1.82) is 0 Å². The molecule has 0 aliphatic carbocycles. The van der Waals surface area contributed by atoms with Crippen molar-refractivity contribution in [3.8, 4) is 0 Å². The van der Waals surface area contributed by atoms with E-state index in [1.54, 1.807) is 12.2 Å². The third kappa shape index (κ3) is 2.65. The largest absolute Gasteiger partial charge is 0.295 e. The summed E-state index contributed by atoms with van der Waals surface area (Å²) in [4.78, 5) is 10.6. The summed E-state index contributed by atoms with van der Waals surface area (Å²) in [5.41, 5.74) is 0.602. The van der Waals surface area contributed by atoms with Crippen LogP contribution < -0.4 is 0 Å². The molecule has 0 fully saturated rings. The number of hydrogen-bond donors (Lipinski definition) is 0. The molecule has 48 valence electrons. The van der Waals surface area contributed by atoms with Crippen LogP contribution in [0.2, 0.25) is 0 Å². The minimum atomic E-state index is 0.0184. The van der Waals surface area contributed by atoms with E-state index in [9.17, 15) is 4.79 Å². The van der Waals surface area contributed by atoms with E-state index in [0.717, 1.165) is 0 Å². The molecule has 0 unspecified atom stereocenters. The number of hydrogen-bond acceptors (Lipinski definition) is 1. The van der Waals surface area contributed by atoms with Gasteiger partial charge in [-0.15, -0.1) is 0 Å². The zero-order valence-corrected chi connectivity index (χ0v) is 5.55. The highest BCUT2D eigenvalue weighted by molar-refractivity contribution is 5.96. The highest BCUT2D eigenvalue weighted by Crippen LogP contribution is 1.95. The third-order valence-electron chi connectivity index (χ3n) is 0.924. The molecule has 1 nitrogen and oxygen atoms in total. The minimum Gasteiger partial charge on any atom is -0.295 e. The zero-order chi connectivity index (χ0) is 7.28. The zero-order valence-electron chi connectivity index (χ0n) is 5.55. The SMILES string of the molecule is C=C/C=C(\C=C)C(C)=O. The monoisotopic (exact) mass is 122 g/mol. The van der Waals surface area contributed by atoms with Crippen molar-refractivity contribution in [1.82, 2.24) is 0 Å². The first-order valence-electron chi connectivity index (χ1n) is 2.68. The van der Waals surface area contributed by atoms with E-state index >= 15 is 0 Å². The standard InChI is InChI=1S/C8H10O/c1-4-6-8(5-2)7(3)9/h4-6H,1-2H2,3H3/b8-6+. The Morgan fingerprint density at radius 3 is 2.11 bits per heavy atom. The summed E-state index contributed by atoms with van der Waals surface area (Å²) in [6, 6.07) is 0. The fraction of sp³-hybridized carbons (Fsp3) is 0.125. The molecule has 0 bridgehead atoms. The average Bonchev–Trinajstić information content (AvgIpc) is 1.82. The fourth-order valence-electron chi connectivity index (χ4n) is 0.456. The van der Waals surface area contributed by atoms with Crippen LogP contribution in [0.5, 0.6) is 0 Å². The lowest BCUT2D eigenvalue weighted by molar-refractivity contribution is -0.113. The molecule has 0 rings (SSSR count). The Morgan fingerprint density at radius 2 is 2.00 bits per heavy atom. The second kappa shape index (κ2) is 3.84. The maximum absolute atomic E-state index is 10.6. The second-order valence-corrected chi connectivity index (χ2v) is 1.62. The predicted molar refractivity (Wildman–Crippen MR) is 39.2 cm³/mol. The van der Waals surface area contributed by atoms with Crippen LogP contribution in [-0.2, 0) is 4.79 Å². The lowest BCUT2D eigenvalue weighted by atomic mass is 10.2. The third-order valence-corrected chi connectivity index (χ3v) is 0.924. The maximum Gasteiger partial charge on any atom is 0.159 e. The van der Waals surface area contributed by atoms with E-state index in [2.05, 4.69) is 13.2 Å². The Labute approximate surface area is 55.4 Å². The number of allylic oxidation sites excluding steroid dienone is 4. The van der Waals surface area contributed by atoms with Crippen molar-refractivity contribution in [2.24, 2.45) is 0 Å². The smallest absolute Gasteiger partial charge is 0.159 e. The van der Waals surface area contributed by atoms with Crippen molar-refractivity contribution in [2.75, 3.05) is 0 Å². The molecule has 0 heterocycles. The molecule has 9 heavy (non-hydrogen) atoms. The summed E-state index contributed by atoms with van der Waals surface area (Å²) in [7, 11) is 0. The topological polar surface area (TPSA) is 17.1 Å². The van der Waals surface area contributed by atoms with E-state index in [4.69, 9.17) is 0 Å². The Balaban J connectivity index is 4.32. The van der Waals surface area contributed by atoms with Crippen LogP contribution in [0.25, 0.3) is 0 Å². The van der Waals surface area contributed by atoms with Crippen LogP contribution >= 0.6 is 0 Å². The lowest BCUT2D eigenvalue weighted by Gasteiger charge is -1.88. The van der Waals surface area contributed by atoms with E-state index in [0.29, 0.717) is 5.57 Å². The van der Waals surface area contributed by atoms with Gasteiger partial charge in [0.1, 0.15) is 0 Å². The van der Waals surface area contributed by atoms with E-state index in [1.165, 1.54) is 13.0 Å². The fourth-order valence-corrected chi connectivity index (χ4v) is 0.456. The molecule has 0 saturated carbocycles. The molecule has 0 amide bonds. The van der Waals surface area contributed by atoms with Gasteiger partial charge in [-0.3, -0.25) is 4.79 Å².